The molecule has 1 aromatic rings. The molecule has 1 unspecified atom stereocenters. The Morgan fingerprint density at radius 1 is 1.06 bits per heavy atom. The third-order valence-corrected chi connectivity index (χ3v) is 6.64. The van der Waals surface area contributed by atoms with E-state index in [9.17, 15) is 14.0 Å². The molecule has 3 aliphatic rings. The summed E-state index contributed by atoms with van der Waals surface area (Å²) < 4.78 is 14.8. The van der Waals surface area contributed by atoms with Crippen LogP contribution < -0.4 is 10.6 Å². The molecule has 1 aliphatic carbocycles. The van der Waals surface area contributed by atoms with Crippen molar-refractivity contribution < 1.29 is 23.9 Å². The molecule has 4 rings (SSSR count). The first-order chi connectivity index (χ1) is 15.0. The number of hydrogen-bond donors (Lipinski definition) is 3. The van der Waals surface area contributed by atoms with Gasteiger partial charge >= 0.3 is 0 Å². The third-order valence-electron chi connectivity index (χ3n) is 6.64. The van der Waals surface area contributed by atoms with Gasteiger partial charge in [0.25, 0.3) is 6.47 Å². The van der Waals surface area contributed by atoms with E-state index in [1.807, 2.05) is 12.1 Å². The van der Waals surface area contributed by atoms with Crippen molar-refractivity contribution in [2.75, 3.05) is 18.4 Å². The van der Waals surface area contributed by atoms with Crippen LogP contribution in [0.15, 0.2) is 18.2 Å². The quantitative estimate of drug-likeness (QED) is 0.498. The first kappa shape index (κ1) is 23.2. The largest absolute Gasteiger partial charge is 0.483 e. The number of likely N-dealkylation sites (tertiary alicyclic amines) is 1. The summed E-state index contributed by atoms with van der Waals surface area (Å²) in [5.74, 6) is -0.516. The van der Waals surface area contributed by atoms with Gasteiger partial charge in [-0.25, -0.2) is 4.39 Å². The van der Waals surface area contributed by atoms with Gasteiger partial charge in [0.05, 0.1) is 0 Å². The molecule has 2 heterocycles. The van der Waals surface area contributed by atoms with Gasteiger partial charge in [0.15, 0.2) is 0 Å². The maximum absolute atomic E-state index is 14.8. The molecule has 1 atom stereocenters. The Labute approximate surface area is 182 Å². The second kappa shape index (κ2) is 11.2. The van der Waals surface area contributed by atoms with Crippen molar-refractivity contribution in [1.82, 2.24) is 10.2 Å². The lowest BCUT2D eigenvalue weighted by Gasteiger charge is -2.39. The Morgan fingerprint density at radius 2 is 1.74 bits per heavy atom. The van der Waals surface area contributed by atoms with Crippen LogP contribution in [-0.4, -0.2) is 53.5 Å². The molecule has 1 saturated carbocycles. The molecule has 3 N–H and O–H groups in total. The Hall–Kier alpha value is -2.48. The number of hydrogen-bond acceptors (Lipinski definition) is 5. The van der Waals surface area contributed by atoms with Crippen molar-refractivity contribution >= 4 is 24.0 Å². The van der Waals surface area contributed by atoms with E-state index >= 15 is 0 Å². The van der Waals surface area contributed by atoms with E-state index in [1.54, 1.807) is 0 Å². The molecule has 0 spiro atoms. The standard InChI is InChI=1S/C22H30FN3O2.CH2O2/c23-19-14-16(24-20-8-9-21(27)25-22(20)28)6-7-18(19)15-10-12-26(13-11-15)17-4-2-1-3-5-17;2-1-3/h6-7,14-15,17,20,24H,1-5,8-13H2,(H,25,27,28);1H,(H,2,3). The fourth-order valence-corrected chi connectivity index (χ4v) is 5.00. The number of carbonyl (C=O) groups is 3. The van der Waals surface area contributed by atoms with Crippen molar-refractivity contribution in [3.05, 3.63) is 29.6 Å². The highest BCUT2D eigenvalue weighted by Gasteiger charge is 2.29. The molecule has 170 valence electrons. The number of benzene rings is 1. The normalized spacial score (nSPS) is 23.5. The predicted molar refractivity (Wildman–Crippen MR) is 115 cm³/mol. The van der Waals surface area contributed by atoms with Gasteiger partial charge in [0.2, 0.25) is 11.8 Å². The lowest BCUT2D eigenvalue weighted by atomic mass is 9.86. The van der Waals surface area contributed by atoms with Crippen LogP contribution in [0.5, 0.6) is 0 Å². The van der Waals surface area contributed by atoms with Gasteiger partial charge in [-0.1, -0.05) is 25.3 Å². The number of nitrogens with zero attached hydrogens (tertiary/aromatic N) is 1. The van der Waals surface area contributed by atoms with Gasteiger partial charge in [-0.2, -0.15) is 0 Å². The highest BCUT2D eigenvalue weighted by atomic mass is 19.1. The van der Waals surface area contributed by atoms with Crippen molar-refractivity contribution in [2.45, 2.75) is 75.8 Å². The number of halogens is 1. The van der Waals surface area contributed by atoms with Crippen LogP contribution in [0.4, 0.5) is 10.1 Å². The molecule has 0 radical (unpaired) electrons. The number of nitrogens with one attached hydrogen (secondary N) is 2. The van der Waals surface area contributed by atoms with Crippen LogP contribution in [0.2, 0.25) is 0 Å². The summed E-state index contributed by atoms with van der Waals surface area (Å²) >= 11 is 0. The summed E-state index contributed by atoms with van der Waals surface area (Å²) in [6, 6.07) is 5.47. The van der Waals surface area contributed by atoms with Crippen LogP contribution in [0, 0.1) is 5.82 Å². The summed E-state index contributed by atoms with van der Waals surface area (Å²) in [6.45, 7) is 1.87. The summed E-state index contributed by atoms with van der Waals surface area (Å²) in [5, 5.41) is 12.3. The summed E-state index contributed by atoms with van der Waals surface area (Å²) in [4.78, 5) is 34.1. The number of anilines is 1. The Balaban J connectivity index is 0.000000858. The highest BCUT2D eigenvalue weighted by Crippen LogP contribution is 2.34. The van der Waals surface area contributed by atoms with E-state index in [2.05, 4.69) is 15.5 Å². The number of piperidine rings is 2. The lowest BCUT2D eigenvalue weighted by molar-refractivity contribution is -0.133. The molecule has 7 nitrogen and oxygen atoms in total. The van der Waals surface area contributed by atoms with Crippen LogP contribution in [0.1, 0.15) is 69.3 Å². The van der Waals surface area contributed by atoms with E-state index in [4.69, 9.17) is 9.90 Å². The molecule has 3 fully saturated rings. The number of carboxylic acid groups (broad SMARTS) is 1. The van der Waals surface area contributed by atoms with Gasteiger partial charge in [-0.3, -0.25) is 19.7 Å². The van der Waals surface area contributed by atoms with Crippen molar-refractivity contribution in [3.8, 4) is 0 Å². The zero-order chi connectivity index (χ0) is 22.2. The SMILES string of the molecule is O=C1CCC(Nc2ccc(C3CCN(C4CCCCC4)CC3)c(F)c2)C(=O)N1.O=CO. The van der Waals surface area contributed by atoms with Crippen molar-refractivity contribution in [2.24, 2.45) is 0 Å². The molecular weight excluding hydrogens is 401 g/mol. The fraction of sp³-hybridized carbons (Fsp3) is 0.609. The predicted octanol–water partition coefficient (Wildman–Crippen LogP) is 3.26. The van der Waals surface area contributed by atoms with Gasteiger partial charge < -0.3 is 15.3 Å². The number of imide groups is 1. The fourth-order valence-electron chi connectivity index (χ4n) is 5.00. The smallest absolute Gasteiger partial charge is 0.290 e. The van der Waals surface area contributed by atoms with Crippen LogP contribution >= 0.6 is 0 Å². The van der Waals surface area contributed by atoms with E-state index in [1.165, 1.54) is 38.2 Å². The molecule has 0 aromatic heterocycles. The molecule has 31 heavy (non-hydrogen) atoms. The number of rotatable bonds is 4. The molecule has 8 heteroatoms. The van der Waals surface area contributed by atoms with E-state index < -0.39 is 6.04 Å². The van der Waals surface area contributed by atoms with E-state index in [0.717, 1.165) is 37.5 Å². The Kier molecular flexibility index (Phi) is 8.40. The molecular formula is C23H32FN3O4. The second-order valence-corrected chi connectivity index (χ2v) is 8.59. The summed E-state index contributed by atoms with van der Waals surface area (Å²) in [7, 11) is 0. The topological polar surface area (TPSA) is 98.7 Å². The molecule has 0 bridgehead atoms. The van der Waals surface area contributed by atoms with Crippen LogP contribution in [0.25, 0.3) is 0 Å². The van der Waals surface area contributed by atoms with Gasteiger partial charge in [-0.05, 0) is 68.8 Å². The average molecular weight is 434 g/mol. The zero-order valence-corrected chi connectivity index (χ0v) is 17.8. The van der Waals surface area contributed by atoms with E-state index in [0.29, 0.717) is 18.5 Å². The van der Waals surface area contributed by atoms with Crippen LogP contribution in [0.3, 0.4) is 0 Å². The number of amides is 2. The third kappa shape index (κ3) is 6.26. The Morgan fingerprint density at radius 3 is 2.35 bits per heavy atom. The van der Waals surface area contributed by atoms with Gasteiger partial charge in [0, 0.05) is 18.2 Å². The maximum Gasteiger partial charge on any atom is 0.290 e. The van der Waals surface area contributed by atoms with Crippen molar-refractivity contribution in [1.29, 1.82) is 0 Å². The summed E-state index contributed by atoms with van der Waals surface area (Å²) in [5.41, 5.74) is 1.38. The van der Waals surface area contributed by atoms with Gasteiger partial charge in [-0.15, -0.1) is 0 Å². The van der Waals surface area contributed by atoms with Crippen molar-refractivity contribution in [3.63, 3.8) is 0 Å². The molecule has 2 amide bonds. The summed E-state index contributed by atoms with van der Waals surface area (Å²) in [6.07, 6.45) is 9.47. The van der Waals surface area contributed by atoms with E-state index in [-0.39, 0.29) is 30.0 Å². The van der Waals surface area contributed by atoms with Crippen LogP contribution in [-0.2, 0) is 14.4 Å². The minimum atomic E-state index is -0.485. The monoisotopic (exact) mass is 433 g/mol. The Bertz CT molecular complexity index is 774. The number of carbonyl (C=O) groups excluding carboxylic acids is 2. The second-order valence-electron chi connectivity index (χ2n) is 8.59. The first-order valence-electron chi connectivity index (χ1n) is 11.2. The molecule has 2 saturated heterocycles. The highest BCUT2D eigenvalue weighted by molar-refractivity contribution is 6.01. The first-order valence-corrected chi connectivity index (χ1v) is 11.2. The average Bonchev–Trinajstić information content (AvgIpc) is 2.77. The molecule has 1 aromatic carbocycles. The minimum absolute atomic E-state index is 0.201. The zero-order valence-electron chi connectivity index (χ0n) is 17.8. The van der Waals surface area contributed by atoms with Gasteiger partial charge in [0.1, 0.15) is 11.9 Å². The minimum Gasteiger partial charge on any atom is -0.483 e. The lowest BCUT2D eigenvalue weighted by Crippen LogP contribution is -2.47. The maximum atomic E-state index is 14.8. The molecule has 2 aliphatic heterocycles.